The van der Waals surface area contributed by atoms with Crippen molar-refractivity contribution >= 4 is 28.0 Å². The Morgan fingerprint density at radius 2 is 2.14 bits per heavy atom. The zero-order valence-electron chi connectivity index (χ0n) is 12.4. The molecule has 0 amide bonds. The van der Waals surface area contributed by atoms with Gasteiger partial charge in [-0.3, -0.25) is 0 Å². The number of halogens is 1. The standard InChI is InChI=1S/C15H20BrNO4/c1-17(2)7-4-8-21-15-12(16)9-11(5-6-14(18)19)10-13(15)20-3/h5-6,9-10H,4,7-8H2,1-3H3,(H,18,19). The van der Waals surface area contributed by atoms with Crippen LogP contribution in [0.25, 0.3) is 6.08 Å². The number of methoxy groups -OCH3 is 1. The van der Waals surface area contributed by atoms with E-state index in [2.05, 4.69) is 20.8 Å². The highest BCUT2D eigenvalue weighted by atomic mass is 79.9. The number of carbonyl (C=O) groups is 1. The van der Waals surface area contributed by atoms with Gasteiger partial charge >= 0.3 is 5.97 Å². The average molecular weight is 358 g/mol. The fourth-order valence-corrected chi connectivity index (χ4v) is 2.27. The SMILES string of the molecule is COc1cc(C=CC(=O)O)cc(Br)c1OCCCN(C)C. The molecule has 0 aliphatic rings. The lowest BCUT2D eigenvalue weighted by Gasteiger charge is -2.14. The van der Waals surface area contributed by atoms with Crippen LogP contribution < -0.4 is 9.47 Å². The van der Waals surface area contributed by atoms with Crippen LogP contribution in [0.2, 0.25) is 0 Å². The van der Waals surface area contributed by atoms with Gasteiger partial charge in [0, 0.05) is 12.6 Å². The maximum absolute atomic E-state index is 10.5. The van der Waals surface area contributed by atoms with Gasteiger partial charge in [0.15, 0.2) is 11.5 Å². The molecule has 0 saturated carbocycles. The number of carboxylic acids is 1. The molecule has 0 radical (unpaired) electrons. The second-order valence-electron chi connectivity index (χ2n) is 4.71. The Kier molecular flexibility index (Phi) is 7.25. The van der Waals surface area contributed by atoms with Gasteiger partial charge in [0.1, 0.15) is 0 Å². The number of benzene rings is 1. The Morgan fingerprint density at radius 1 is 1.43 bits per heavy atom. The second-order valence-corrected chi connectivity index (χ2v) is 5.57. The van der Waals surface area contributed by atoms with Crippen LogP contribution in [-0.4, -0.2) is 50.3 Å². The fourth-order valence-electron chi connectivity index (χ4n) is 1.70. The summed E-state index contributed by atoms with van der Waals surface area (Å²) in [5, 5.41) is 8.65. The molecule has 0 aliphatic carbocycles. The molecule has 1 aromatic rings. The summed E-state index contributed by atoms with van der Waals surface area (Å²) in [5.41, 5.74) is 0.724. The monoisotopic (exact) mass is 357 g/mol. The molecular formula is C15H20BrNO4. The third kappa shape index (κ3) is 6.18. The maximum atomic E-state index is 10.5. The molecule has 0 heterocycles. The van der Waals surface area contributed by atoms with Gasteiger partial charge in [-0.05, 0) is 60.2 Å². The van der Waals surface area contributed by atoms with Crippen molar-refractivity contribution in [2.45, 2.75) is 6.42 Å². The number of nitrogens with zero attached hydrogens (tertiary/aromatic N) is 1. The van der Waals surface area contributed by atoms with Gasteiger partial charge in [-0.1, -0.05) is 0 Å². The summed E-state index contributed by atoms with van der Waals surface area (Å²) in [4.78, 5) is 12.6. The Morgan fingerprint density at radius 3 is 2.71 bits per heavy atom. The van der Waals surface area contributed by atoms with Gasteiger partial charge in [-0.25, -0.2) is 4.79 Å². The smallest absolute Gasteiger partial charge is 0.328 e. The van der Waals surface area contributed by atoms with E-state index in [1.165, 1.54) is 6.08 Å². The van der Waals surface area contributed by atoms with Crippen molar-refractivity contribution in [3.05, 3.63) is 28.2 Å². The summed E-state index contributed by atoms with van der Waals surface area (Å²) in [6.07, 6.45) is 3.49. The normalized spacial score (nSPS) is 11.1. The Labute approximate surface area is 133 Å². The van der Waals surface area contributed by atoms with Gasteiger partial charge in [0.2, 0.25) is 0 Å². The molecule has 0 atom stereocenters. The average Bonchev–Trinajstić information content (AvgIpc) is 2.42. The lowest BCUT2D eigenvalue weighted by atomic mass is 10.2. The van der Waals surface area contributed by atoms with E-state index in [1.54, 1.807) is 19.2 Å². The van der Waals surface area contributed by atoms with E-state index in [4.69, 9.17) is 14.6 Å². The molecule has 0 aliphatic heterocycles. The first-order chi connectivity index (χ1) is 9.93. The minimum absolute atomic E-state index is 0.569. The van der Waals surface area contributed by atoms with Crippen LogP contribution in [0.1, 0.15) is 12.0 Å². The quantitative estimate of drug-likeness (QED) is 0.572. The molecular weight excluding hydrogens is 338 g/mol. The maximum Gasteiger partial charge on any atom is 0.328 e. The highest BCUT2D eigenvalue weighted by molar-refractivity contribution is 9.10. The fraction of sp³-hybridized carbons (Fsp3) is 0.400. The van der Waals surface area contributed by atoms with E-state index in [0.717, 1.165) is 29.1 Å². The minimum Gasteiger partial charge on any atom is -0.493 e. The molecule has 1 rings (SSSR count). The topological polar surface area (TPSA) is 59.0 Å². The summed E-state index contributed by atoms with van der Waals surface area (Å²) >= 11 is 3.43. The molecule has 1 aromatic carbocycles. The number of aliphatic carboxylic acids is 1. The Hall–Kier alpha value is -1.53. The molecule has 6 heteroatoms. The van der Waals surface area contributed by atoms with E-state index < -0.39 is 5.97 Å². The van der Waals surface area contributed by atoms with Crippen LogP contribution in [0.15, 0.2) is 22.7 Å². The molecule has 0 spiro atoms. The van der Waals surface area contributed by atoms with E-state index in [-0.39, 0.29) is 0 Å². The second kappa shape index (κ2) is 8.69. The van der Waals surface area contributed by atoms with Gasteiger partial charge in [-0.15, -0.1) is 0 Å². The van der Waals surface area contributed by atoms with Crippen molar-refractivity contribution in [1.29, 1.82) is 0 Å². The Bertz CT molecular complexity index is 515. The van der Waals surface area contributed by atoms with Crippen LogP contribution in [0.4, 0.5) is 0 Å². The van der Waals surface area contributed by atoms with Crippen LogP contribution in [0, 0.1) is 0 Å². The third-order valence-corrected chi connectivity index (χ3v) is 3.26. The molecule has 0 unspecified atom stereocenters. The summed E-state index contributed by atoms with van der Waals surface area (Å²) in [6, 6.07) is 3.54. The van der Waals surface area contributed by atoms with E-state index >= 15 is 0 Å². The van der Waals surface area contributed by atoms with Crippen molar-refractivity contribution in [2.75, 3.05) is 34.4 Å². The molecule has 0 fully saturated rings. The molecule has 0 aromatic heterocycles. The van der Waals surface area contributed by atoms with Crippen molar-refractivity contribution in [3.63, 3.8) is 0 Å². The van der Waals surface area contributed by atoms with Crippen LogP contribution in [0.5, 0.6) is 11.5 Å². The van der Waals surface area contributed by atoms with Gasteiger partial charge in [-0.2, -0.15) is 0 Å². The predicted octanol–water partition coefficient (Wildman–Crippen LogP) is 2.89. The van der Waals surface area contributed by atoms with Crippen LogP contribution in [-0.2, 0) is 4.79 Å². The van der Waals surface area contributed by atoms with E-state index in [0.29, 0.717) is 18.1 Å². The summed E-state index contributed by atoms with van der Waals surface area (Å²) in [5.74, 6) is 0.206. The number of hydrogen-bond donors (Lipinski definition) is 1. The zero-order chi connectivity index (χ0) is 15.8. The lowest BCUT2D eigenvalue weighted by Crippen LogP contribution is -2.15. The van der Waals surface area contributed by atoms with Gasteiger partial charge in [0.25, 0.3) is 0 Å². The van der Waals surface area contributed by atoms with Gasteiger partial charge in [0.05, 0.1) is 18.2 Å². The number of rotatable bonds is 8. The van der Waals surface area contributed by atoms with Crippen LogP contribution >= 0.6 is 15.9 Å². The van der Waals surface area contributed by atoms with E-state index in [1.807, 2.05) is 14.1 Å². The summed E-state index contributed by atoms with van der Waals surface area (Å²) < 4.78 is 11.8. The summed E-state index contributed by atoms with van der Waals surface area (Å²) in [7, 11) is 5.58. The highest BCUT2D eigenvalue weighted by Gasteiger charge is 2.11. The van der Waals surface area contributed by atoms with Crippen molar-refractivity contribution in [3.8, 4) is 11.5 Å². The zero-order valence-corrected chi connectivity index (χ0v) is 14.0. The van der Waals surface area contributed by atoms with Crippen molar-refractivity contribution < 1.29 is 19.4 Å². The first-order valence-electron chi connectivity index (χ1n) is 6.50. The molecule has 0 bridgehead atoms. The molecule has 0 saturated heterocycles. The lowest BCUT2D eigenvalue weighted by molar-refractivity contribution is -0.131. The first-order valence-corrected chi connectivity index (χ1v) is 7.29. The first kappa shape index (κ1) is 17.5. The number of carboxylic acid groups (broad SMARTS) is 1. The van der Waals surface area contributed by atoms with Crippen molar-refractivity contribution in [2.24, 2.45) is 0 Å². The Balaban J connectivity index is 2.82. The molecule has 116 valence electrons. The number of ether oxygens (including phenoxy) is 2. The summed E-state index contributed by atoms with van der Waals surface area (Å²) in [6.45, 7) is 1.52. The highest BCUT2D eigenvalue weighted by Crippen LogP contribution is 2.37. The third-order valence-electron chi connectivity index (χ3n) is 2.67. The molecule has 1 N–H and O–H groups in total. The molecule has 21 heavy (non-hydrogen) atoms. The van der Waals surface area contributed by atoms with Gasteiger partial charge < -0.3 is 19.5 Å². The van der Waals surface area contributed by atoms with Crippen molar-refractivity contribution in [1.82, 2.24) is 4.90 Å². The van der Waals surface area contributed by atoms with Crippen LogP contribution in [0.3, 0.4) is 0 Å². The molecule has 5 nitrogen and oxygen atoms in total. The predicted molar refractivity (Wildman–Crippen MR) is 86.0 cm³/mol. The van der Waals surface area contributed by atoms with E-state index in [9.17, 15) is 4.79 Å². The minimum atomic E-state index is -0.992. The number of hydrogen-bond acceptors (Lipinski definition) is 4. The largest absolute Gasteiger partial charge is 0.493 e.